The molecule has 1 nitrogen and oxygen atoms in total. The molecular weight excluding hydrogens is 228 g/mol. The molecule has 1 aromatic rings. The molecule has 13 heavy (non-hydrogen) atoms. The molecule has 0 aliphatic heterocycles. The van der Waals surface area contributed by atoms with Gasteiger partial charge in [-0.1, -0.05) is 27.9 Å². The summed E-state index contributed by atoms with van der Waals surface area (Å²) >= 11 is 3.39. The van der Waals surface area contributed by atoms with Crippen LogP contribution in [0.4, 0.5) is 0 Å². The molecule has 0 N–H and O–H groups in total. The van der Waals surface area contributed by atoms with E-state index in [-0.39, 0.29) is 0 Å². The third kappa shape index (κ3) is 3.12. The Balaban J connectivity index is 2.73. The highest BCUT2D eigenvalue weighted by Gasteiger charge is 1.98. The molecule has 68 valence electrons. The first kappa shape index (κ1) is 10.1. The van der Waals surface area contributed by atoms with Gasteiger partial charge in [0.2, 0.25) is 0 Å². The van der Waals surface area contributed by atoms with Crippen molar-refractivity contribution in [3.8, 4) is 17.6 Å². The van der Waals surface area contributed by atoms with E-state index in [1.165, 1.54) is 0 Å². The van der Waals surface area contributed by atoms with E-state index < -0.39 is 0 Å². The summed E-state index contributed by atoms with van der Waals surface area (Å²) in [6.45, 7) is 4.27. The van der Waals surface area contributed by atoms with E-state index in [2.05, 4.69) is 27.8 Å². The number of hydrogen-bond donors (Lipinski definition) is 0. The molecule has 0 fully saturated rings. The molecule has 0 aromatic heterocycles. The Morgan fingerprint density at radius 1 is 1.46 bits per heavy atom. The predicted molar refractivity (Wildman–Crippen MR) is 57.8 cm³/mol. The van der Waals surface area contributed by atoms with Gasteiger partial charge in [-0.3, -0.25) is 0 Å². The van der Waals surface area contributed by atoms with E-state index in [4.69, 9.17) is 4.74 Å². The first-order valence-electron chi connectivity index (χ1n) is 4.02. The molecule has 0 radical (unpaired) electrons. The monoisotopic (exact) mass is 238 g/mol. The van der Waals surface area contributed by atoms with Crippen LogP contribution in [0.25, 0.3) is 0 Å². The van der Waals surface area contributed by atoms with E-state index in [9.17, 15) is 0 Å². The van der Waals surface area contributed by atoms with Gasteiger partial charge in [-0.25, -0.2) is 0 Å². The number of rotatable bonds is 2. The number of benzene rings is 1. The van der Waals surface area contributed by atoms with Crippen molar-refractivity contribution in [2.75, 3.05) is 6.61 Å². The Labute approximate surface area is 87.2 Å². The predicted octanol–water partition coefficient (Wildman–Crippen LogP) is 3.16. The van der Waals surface area contributed by atoms with Crippen LogP contribution in [0.1, 0.15) is 12.5 Å². The minimum absolute atomic E-state index is 0.452. The lowest BCUT2D eigenvalue weighted by atomic mass is 10.2. The Hall–Kier alpha value is -0.940. The van der Waals surface area contributed by atoms with Crippen molar-refractivity contribution in [2.45, 2.75) is 13.8 Å². The molecule has 0 bridgehead atoms. The third-order valence-corrected chi connectivity index (χ3v) is 2.12. The Morgan fingerprint density at radius 2 is 2.23 bits per heavy atom. The molecule has 0 unspecified atom stereocenters. The molecule has 0 aliphatic rings. The molecule has 0 aliphatic carbocycles. The van der Waals surface area contributed by atoms with Gasteiger partial charge in [-0.05, 0) is 31.5 Å². The van der Waals surface area contributed by atoms with Crippen molar-refractivity contribution in [3.63, 3.8) is 0 Å². The van der Waals surface area contributed by atoms with Crippen molar-refractivity contribution in [1.29, 1.82) is 0 Å². The highest BCUT2D eigenvalue weighted by atomic mass is 79.9. The van der Waals surface area contributed by atoms with Crippen LogP contribution in [0.15, 0.2) is 22.7 Å². The highest BCUT2D eigenvalue weighted by molar-refractivity contribution is 9.10. The van der Waals surface area contributed by atoms with Crippen molar-refractivity contribution in [2.24, 2.45) is 0 Å². The van der Waals surface area contributed by atoms with Crippen LogP contribution in [0, 0.1) is 18.8 Å². The molecule has 0 heterocycles. The Kier molecular flexibility index (Phi) is 3.85. The zero-order valence-electron chi connectivity index (χ0n) is 7.73. The van der Waals surface area contributed by atoms with Gasteiger partial charge >= 0.3 is 0 Å². The topological polar surface area (TPSA) is 9.23 Å². The van der Waals surface area contributed by atoms with Crippen LogP contribution in [-0.4, -0.2) is 6.61 Å². The van der Waals surface area contributed by atoms with Crippen LogP contribution in [0.5, 0.6) is 5.75 Å². The number of halogens is 1. The van der Waals surface area contributed by atoms with Crippen LogP contribution >= 0.6 is 15.9 Å². The zero-order valence-corrected chi connectivity index (χ0v) is 9.31. The van der Waals surface area contributed by atoms with E-state index in [1.54, 1.807) is 6.92 Å². The van der Waals surface area contributed by atoms with Gasteiger partial charge in [0.25, 0.3) is 0 Å². The minimum Gasteiger partial charge on any atom is -0.481 e. The van der Waals surface area contributed by atoms with Gasteiger partial charge in [0.05, 0.1) is 0 Å². The quantitative estimate of drug-likeness (QED) is 0.720. The summed E-state index contributed by atoms with van der Waals surface area (Å²) in [5, 5.41) is 0. The lowest BCUT2D eigenvalue weighted by molar-refractivity contribution is 0.367. The van der Waals surface area contributed by atoms with Gasteiger partial charge < -0.3 is 4.74 Å². The summed E-state index contributed by atoms with van der Waals surface area (Å²) in [5.41, 5.74) is 1.13. The van der Waals surface area contributed by atoms with Crippen LogP contribution in [0.3, 0.4) is 0 Å². The average Bonchev–Trinajstić information content (AvgIpc) is 2.11. The normalized spacial score (nSPS) is 8.85. The van der Waals surface area contributed by atoms with Crippen LogP contribution in [0.2, 0.25) is 0 Å². The van der Waals surface area contributed by atoms with Gasteiger partial charge in [-0.2, -0.15) is 0 Å². The van der Waals surface area contributed by atoms with Gasteiger partial charge in [-0.15, -0.1) is 5.92 Å². The summed E-state index contributed by atoms with van der Waals surface area (Å²) < 4.78 is 6.48. The van der Waals surface area contributed by atoms with Crippen molar-refractivity contribution in [3.05, 3.63) is 28.2 Å². The van der Waals surface area contributed by atoms with Crippen LogP contribution in [-0.2, 0) is 0 Å². The maximum Gasteiger partial charge on any atom is 0.149 e. The molecule has 1 rings (SSSR count). The number of aryl methyl sites for hydroxylation is 1. The molecule has 2 heteroatoms. The summed E-state index contributed by atoms with van der Waals surface area (Å²) in [4.78, 5) is 0. The molecule has 0 spiro atoms. The lowest BCUT2D eigenvalue weighted by Crippen LogP contribution is -1.95. The van der Waals surface area contributed by atoms with Crippen molar-refractivity contribution in [1.82, 2.24) is 0 Å². The minimum atomic E-state index is 0.452. The van der Waals surface area contributed by atoms with Gasteiger partial charge in [0.15, 0.2) is 0 Å². The van der Waals surface area contributed by atoms with E-state index >= 15 is 0 Å². The summed E-state index contributed by atoms with van der Waals surface area (Å²) in [5.74, 6) is 6.53. The smallest absolute Gasteiger partial charge is 0.149 e. The van der Waals surface area contributed by atoms with Crippen molar-refractivity contribution < 1.29 is 4.74 Å². The van der Waals surface area contributed by atoms with E-state index in [0.717, 1.165) is 15.8 Å². The second-order valence-electron chi connectivity index (χ2n) is 2.63. The maximum atomic E-state index is 5.45. The Morgan fingerprint density at radius 3 is 2.92 bits per heavy atom. The lowest BCUT2D eigenvalue weighted by Gasteiger charge is -2.05. The molecule has 1 aromatic carbocycles. The molecule has 0 saturated heterocycles. The molecule has 0 saturated carbocycles. The first-order chi connectivity index (χ1) is 6.24. The molecular formula is C11H11BrO. The van der Waals surface area contributed by atoms with E-state index in [1.807, 2.05) is 25.1 Å². The average molecular weight is 239 g/mol. The largest absolute Gasteiger partial charge is 0.481 e. The van der Waals surface area contributed by atoms with Gasteiger partial charge in [0, 0.05) is 4.47 Å². The van der Waals surface area contributed by atoms with Gasteiger partial charge in [0.1, 0.15) is 12.4 Å². The molecule has 0 atom stereocenters. The number of hydrogen-bond acceptors (Lipinski definition) is 1. The standard InChI is InChI=1S/C11H11BrO/c1-3-4-7-13-11-8-10(12)6-5-9(11)2/h5-6,8H,7H2,1-2H3. The van der Waals surface area contributed by atoms with Crippen molar-refractivity contribution >= 4 is 15.9 Å². The maximum absolute atomic E-state index is 5.45. The second-order valence-corrected chi connectivity index (χ2v) is 3.54. The summed E-state index contributed by atoms with van der Waals surface area (Å²) in [6.07, 6.45) is 0. The summed E-state index contributed by atoms with van der Waals surface area (Å²) in [6, 6.07) is 5.96. The SMILES string of the molecule is CC#CCOc1cc(Br)ccc1C. The van der Waals surface area contributed by atoms with Crippen LogP contribution < -0.4 is 4.74 Å². The fraction of sp³-hybridized carbons (Fsp3) is 0.273. The summed E-state index contributed by atoms with van der Waals surface area (Å²) in [7, 11) is 0. The second kappa shape index (κ2) is 4.94. The highest BCUT2D eigenvalue weighted by Crippen LogP contribution is 2.22. The first-order valence-corrected chi connectivity index (χ1v) is 4.82. The zero-order chi connectivity index (χ0) is 9.68. The fourth-order valence-corrected chi connectivity index (χ4v) is 1.26. The number of ether oxygens (including phenoxy) is 1. The third-order valence-electron chi connectivity index (χ3n) is 1.63. The molecule has 0 amide bonds. The fourth-order valence-electron chi connectivity index (χ4n) is 0.915. The van der Waals surface area contributed by atoms with E-state index in [0.29, 0.717) is 6.61 Å². The Bertz CT molecular complexity index is 347.